The molecule has 1 saturated heterocycles. The lowest BCUT2D eigenvalue weighted by atomic mass is 10.0. The van der Waals surface area contributed by atoms with Gasteiger partial charge in [-0.2, -0.15) is 5.10 Å². The van der Waals surface area contributed by atoms with E-state index < -0.39 is 0 Å². The first kappa shape index (κ1) is 18.9. The van der Waals surface area contributed by atoms with Gasteiger partial charge in [0.2, 0.25) is 0 Å². The largest absolute Gasteiger partial charge is 0.396 e. The molecule has 1 aromatic carbocycles. The molecule has 1 aliphatic heterocycles. The minimum absolute atomic E-state index is 0.267. The number of nitrogens with one attached hydrogen (secondary N) is 1. The molecule has 1 unspecified atom stereocenters. The summed E-state index contributed by atoms with van der Waals surface area (Å²) in [5.41, 5.74) is 3.40. The van der Waals surface area contributed by atoms with Gasteiger partial charge in [-0.05, 0) is 37.0 Å². The number of rotatable bonds is 6. The summed E-state index contributed by atoms with van der Waals surface area (Å²) in [6, 6.07) is 9.08. The summed E-state index contributed by atoms with van der Waals surface area (Å²) in [7, 11) is 0. The summed E-state index contributed by atoms with van der Waals surface area (Å²) < 4.78 is 0. The van der Waals surface area contributed by atoms with Crippen molar-refractivity contribution >= 4 is 11.6 Å². The number of aliphatic hydroxyl groups is 1. The Morgan fingerprint density at radius 2 is 1.93 bits per heavy atom. The van der Waals surface area contributed by atoms with E-state index in [1.54, 1.807) is 0 Å². The van der Waals surface area contributed by atoms with Crippen LogP contribution >= 0.6 is 11.6 Å². The maximum absolute atomic E-state index is 9.57. The van der Waals surface area contributed by atoms with Crippen molar-refractivity contribution < 1.29 is 5.11 Å². The Labute approximate surface area is 166 Å². The van der Waals surface area contributed by atoms with Crippen LogP contribution in [0.2, 0.25) is 5.02 Å². The van der Waals surface area contributed by atoms with Crippen molar-refractivity contribution in [1.82, 2.24) is 20.0 Å². The standard InChI is InChI=1S/C21H29ClN4O/c22-18-7-5-16(6-8-18)21-17(13-23-24-21)14-25-10-11-26(19-3-1-2-4-19)20(15-25)9-12-27/h5-8,13,19-20,27H,1-4,9-12,14-15H2,(H,23,24). The molecule has 0 amide bonds. The predicted molar refractivity (Wildman–Crippen MR) is 109 cm³/mol. The molecule has 2 aromatic rings. The van der Waals surface area contributed by atoms with Gasteiger partial charge in [0.25, 0.3) is 0 Å². The predicted octanol–water partition coefficient (Wildman–Crippen LogP) is 3.54. The third-order valence-corrected chi connectivity index (χ3v) is 6.37. The molecule has 0 spiro atoms. The number of piperazine rings is 1. The molecule has 2 heterocycles. The number of nitrogens with zero attached hydrogens (tertiary/aromatic N) is 3. The number of aromatic amines is 1. The van der Waals surface area contributed by atoms with E-state index in [9.17, 15) is 5.11 Å². The lowest BCUT2D eigenvalue weighted by Gasteiger charge is -2.44. The molecule has 0 radical (unpaired) electrons. The Morgan fingerprint density at radius 1 is 1.15 bits per heavy atom. The third kappa shape index (κ3) is 4.37. The fourth-order valence-electron chi connectivity index (χ4n) is 4.74. The number of H-pyrrole nitrogens is 1. The van der Waals surface area contributed by atoms with Crippen LogP contribution in [0.5, 0.6) is 0 Å². The highest BCUT2D eigenvalue weighted by molar-refractivity contribution is 6.30. The summed E-state index contributed by atoms with van der Waals surface area (Å²) in [5.74, 6) is 0. The average Bonchev–Trinajstić information content (AvgIpc) is 3.35. The van der Waals surface area contributed by atoms with Gasteiger partial charge in [0, 0.05) is 55.5 Å². The molecule has 5 nitrogen and oxygen atoms in total. The first-order chi connectivity index (χ1) is 13.2. The van der Waals surface area contributed by atoms with Crippen LogP contribution in [0.15, 0.2) is 30.5 Å². The van der Waals surface area contributed by atoms with Crippen molar-refractivity contribution in [1.29, 1.82) is 0 Å². The van der Waals surface area contributed by atoms with E-state index in [1.165, 1.54) is 31.2 Å². The number of hydrogen-bond acceptors (Lipinski definition) is 4. The Hall–Kier alpha value is -1.40. The SMILES string of the molecule is OCCC1CN(Cc2cn[nH]c2-c2ccc(Cl)cc2)CCN1C1CCCC1. The molecule has 6 heteroatoms. The lowest BCUT2D eigenvalue weighted by Crippen LogP contribution is -2.56. The molecule has 146 valence electrons. The molecule has 2 aliphatic rings. The van der Waals surface area contributed by atoms with Crippen molar-refractivity contribution in [3.05, 3.63) is 41.0 Å². The Morgan fingerprint density at radius 3 is 2.67 bits per heavy atom. The minimum Gasteiger partial charge on any atom is -0.396 e. The number of halogens is 1. The van der Waals surface area contributed by atoms with Crippen LogP contribution in [0, 0.1) is 0 Å². The van der Waals surface area contributed by atoms with Crippen LogP contribution in [0.3, 0.4) is 0 Å². The molecule has 1 saturated carbocycles. The van der Waals surface area contributed by atoms with E-state index >= 15 is 0 Å². The van der Waals surface area contributed by atoms with E-state index in [1.807, 2.05) is 30.5 Å². The van der Waals surface area contributed by atoms with Gasteiger partial charge in [-0.25, -0.2) is 0 Å². The Balaban J connectivity index is 1.44. The van der Waals surface area contributed by atoms with E-state index in [0.717, 1.165) is 54.9 Å². The zero-order valence-electron chi connectivity index (χ0n) is 15.8. The molecule has 2 N–H and O–H groups in total. The van der Waals surface area contributed by atoms with E-state index in [-0.39, 0.29) is 6.61 Å². The summed E-state index contributed by atoms with van der Waals surface area (Å²) in [6.07, 6.45) is 8.16. The zero-order chi connectivity index (χ0) is 18.6. The van der Waals surface area contributed by atoms with Gasteiger partial charge in [0.05, 0.1) is 11.9 Å². The Bertz CT molecular complexity index is 726. The van der Waals surface area contributed by atoms with Gasteiger partial charge in [-0.3, -0.25) is 14.9 Å². The van der Waals surface area contributed by atoms with Crippen LogP contribution in [0.1, 0.15) is 37.7 Å². The van der Waals surface area contributed by atoms with Crippen LogP contribution in [0.25, 0.3) is 11.3 Å². The smallest absolute Gasteiger partial charge is 0.0695 e. The first-order valence-corrected chi connectivity index (χ1v) is 10.5. The normalized spacial score (nSPS) is 22.5. The minimum atomic E-state index is 0.267. The fraction of sp³-hybridized carbons (Fsp3) is 0.571. The molecule has 1 aliphatic carbocycles. The molecular weight excluding hydrogens is 360 g/mol. The third-order valence-electron chi connectivity index (χ3n) is 6.11. The number of aliphatic hydroxyl groups excluding tert-OH is 1. The summed E-state index contributed by atoms with van der Waals surface area (Å²) in [5, 5.41) is 17.7. The van der Waals surface area contributed by atoms with Crippen molar-refractivity contribution in [3.63, 3.8) is 0 Å². The van der Waals surface area contributed by atoms with Gasteiger partial charge in [0.1, 0.15) is 0 Å². The van der Waals surface area contributed by atoms with Crippen LogP contribution < -0.4 is 0 Å². The van der Waals surface area contributed by atoms with Crippen molar-refractivity contribution in [2.45, 2.75) is 50.7 Å². The Kier molecular flexibility index (Phi) is 6.13. The van der Waals surface area contributed by atoms with Gasteiger partial charge in [-0.1, -0.05) is 36.6 Å². The maximum Gasteiger partial charge on any atom is 0.0695 e. The van der Waals surface area contributed by atoms with Gasteiger partial charge >= 0.3 is 0 Å². The molecule has 4 rings (SSSR count). The number of hydrogen-bond donors (Lipinski definition) is 2. The molecule has 1 aromatic heterocycles. The van der Waals surface area contributed by atoms with Crippen molar-refractivity contribution in [2.75, 3.05) is 26.2 Å². The number of aromatic nitrogens is 2. The highest BCUT2D eigenvalue weighted by Crippen LogP contribution is 2.29. The van der Waals surface area contributed by atoms with E-state index in [2.05, 4.69) is 20.0 Å². The van der Waals surface area contributed by atoms with Crippen molar-refractivity contribution in [3.8, 4) is 11.3 Å². The van der Waals surface area contributed by atoms with E-state index in [4.69, 9.17) is 11.6 Å². The summed E-state index contributed by atoms with van der Waals surface area (Å²) in [6.45, 7) is 4.34. The second-order valence-corrected chi connectivity index (χ2v) is 8.29. The molecule has 1 atom stereocenters. The average molecular weight is 389 g/mol. The van der Waals surface area contributed by atoms with Crippen molar-refractivity contribution in [2.24, 2.45) is 0 Å². The van der Waals surface area contributed by atoms with Crippen LogP contribution in [-0.4, -0.2) is 63.4 Å². The van der Waals surface area contributed by atoms with Gasteiger partial charge < -0.3 is 5.11 Å². The monoisotopic (exact) mass is 388 g/mol. The van der Waals surface area contributed by atoms with E-state index in [0.29, 0.717) is 6.04 Å². The quantitative estimate of drug-likeness (QED) is 0.794. The van der Waals surface area contributed by atoms with Crippen LogP contribution in [0.4, 0.5) is 0 Å². The van der Waals surface area contributed by atoms with Crippen LogP contribution in [-0.2, 0) is 6.54 Å². The second kappa shape index (κ2) is 8.74. The highest BCUT2D eigenvalue weighted by Gasteiger charge is 2.33. The fourth-order valence-corrected chi connectivity index (χ4v) is 4.86. The molecule has 2 fully saturated rings. The second-order valence-electron chi connectivity index (χ2n) is 7.85. The summed E-state index contributed by atoms with van der Waals surface area (Å²) in [4.78, 5) is 5.19. The molecular formula is C21H29ClN4O. The summed E-state index contributed by atoms with van der Waals surface area (Å²) >= 11 is 6.02. The lowest BCUT2D eigenvalue weighted by molar-refractivity contribution is 0.0268. The zero-order valence-corrected chi connectivity index (χ0v) is 16.5. The topological polar surface area (TPSA) is 55.4 Å². The van der Waals surface area contributed by atoms with Gasteiger partial charge in [-0.15, -0.1) is 0 Å². The molecule has 0 bridgehead atoms. The van der Waals surface area contributed by atoms with Gasteiger partial charge in [0.15, 0.2) is 0 Å². The maximum atomic E-state index is 9.57. The molecule has 27 heavy (non-hydrogen) atoms. The first-order valence-electron chi connectivity index (χ1n) is 10.1. The highest BCUT2D eigenvalue weighted by atomic mass is 35.5. The number of benzene rings is 1.